The normalized spacial score (nSPS) is 20.7. The Morgan fingerprint density at radius 1 is 1.21 bits per heavy atom. The van der Waals surface area contributed by atoms with E-state index in [0.717, 1.165) is 60.3 Å². The number of thioether (sulfide) groups is 1. The number of aromatic nitrogens is 2. The zero-order valence-corrected chi connectivity index (χ0v) is 15.6. The SMILES string of the molecule is CCCn1c(S[C@@H]2CCCCC2=O)nc2sc3c(c2c1=O)CCC3. The zero-order valence-electron chi connectivity index (χ0n) is 14.0. The highest BCUT2D eigenvalue weighted by molar-refractivity contribution is 8.00. The molecule has 0 unspecified atom stereocenters. The van der Waals surface area contributed by atoms with E-state index in [1.807, 2.05) is 4.57 Å². The molecule has 2 aliphatic rings. The van der Waals surface area contributed by atoms with Gasteiger partial charge in [-0.3, -0.25) is 14.2 Å². The smallest absolute Gasteiger partial charge is 0.263 e. The van der Waals surface area contributed by atoms with Crippen LogP contribution in [-0.2, 0) is 24.2 Å². The molecule has 0 saturated heterocycles. The van der Waals surface area contributed by atoms with Gasteiger partial charge in [0.25, 0.3) is 5.56 Å². The molecule has 0 spiro atoms. The van der Waals surface area contributed by atoms with Gasteiger partial charge in [0.1, 0.15) is 10.6 Å². The third kappa shape index (κ3) is 2.73. The topological polar surface area (TPSA) is 52.0 Å². The molecule has 0 aliphatic heterocycles. The molecule has 2 aromatic heterocycles. The highest BCUT2D eigenvalue weighted by atomic mass is 32.2. The Kier molecular flexibility index (Phi) is 4.52. The molecule has 2 aromatic rings. The maximum atomic E-state index is 13.1. The van der Waals surface area contributed by atoms with Gasteiger partial charge in [-0.1, -0.05) is 25.1 Å². The van der Waals surface area contributed by atoms with Crippen molar-refractivity contribution in [3.05, 3.63) is 20.8 Å². The van der Waals surface area contributed by atoms with Crippen molar-refractivity contribution in [2.75, 3.05) is 0 Å². The summed E-state index contributed by atoms with van der Waals surface area (Å²) in [4.78, 5) is 32.4. The second-order valence-corrected chi connectivity index (χ2v) is 8.96. The van der Waals surface area contributed by atoms with Gasteiger partial charge in [0.2, 0.25) is 0 Å². The second-order valence-electron chi connectivity index (χ2n) is 6.71. The number of nitrogens with zero attached hydrogens (tertiary/aromatic N) is 2. The van der Waals surface area contributed by atoms with Crippen LogP contribution in [0.3, 0.4) is 0 Å². The molecule has 24 heavy (non-hydrogen) atoms. The molecule has 0 aromatic carbocycles. The monoisotopic (exact) mass is 362 g/mol. The molecule has 0 radical (unpaired) electrons. The number of carbonyl (C=O) groups excluding carboxylic acids is 1. The van der Waals surface area contributed by atoms with Crippen LogP contribution in [0, 0.1) is 0 Å². The average molecular weight is 363 g/mol. The largest absolute Gasteiger partial charge is 0.298 e. The number of thiophene rings is 1. The molecule has 128 valence electrons. The van der Waals surface area contributed by atoms with Gasteiger partial charge >= 0.3 is 0 Å². The summed E-state index contributed by atoms with van der Waals surface area (Å²) in [5, 5.41) is 1.56. The molecule has 1 fully saturated rings. The Hall–Kier alpha value is -1.14. The van der Waals surface area contributed by atoms with Crippen molar-refractivity contribution >= 4 is 39.1 Å². The van der Waals surface area contributed by atoms with E-state index >= 15 is 0 Å². The molecule has 4 rings (SSSR count). The van der Waals surface area contributed by atoms with Crippen molar-refractivity contribution in [2.45, 2.75) is 75.2 Å². The standard InChI is InChI=1S/C18H22N2O2S2/c1-2-10-20-17(22)15-11-6-5-9-13(11)23-16(15)19-18(20)24-14-8-4-3-7-12(14)21/h14H,2-10H2,1H3/t14-/m1/s1. The van der Waals surface area contributed by atoms with E-state index in [1.165, 1.54) is 22.2 Å². The third-order valence-corrected chi connectivity index (χ3v) is 7.47. The van der Waals surface area contributed by atoms with Crippen LogP contribution in [-0.4, -0.2) is 20.6 Å². The Morgan fingerprint density at radius 2 is 2.08 bits per heavy atom. The lowest BCUT2D eigenvalue weighted by Crippen LogP contribution is -2.27. The molecule has 6 heteroatoms. The number of fused-ring (bicyclic) bond motifs is 3. The fourth-order valence-electron chi connectivity index (χ4n) is 3.77. The Morgan fingerprint density at radius 3 is 2.88 bits per heavy atom. The van der Waals surface area contributed by atoms with Crippen LogP contribution < -0.4 is 5.56 Å². The van der Waals surface area contributed by atoms with Gasteiger partial charge in [-0.25, -0.2) is 4.98 Å². The Labute approximate surface area is 149 Å². The average Bonchev–Trinajstić information content (AvgIpc) is 3.13. The van der Waals surface area contributed by atoms with E-state index in [4.69, 9.17) is 4.98 Å². The van der Waals surface area contributed by atoms with Crippen LogP contribution in [0.5, 0.6) is 0 Å². The van der Waals surface area contributed by atoms with Gasteiger partial charge in [0.05, 0.1) is 10.6 Å². The summed E-state index contributed by atoms with van der Waals surface area (Å²) in [7, 11) is 0. The van der Waals surface area contributed by atoms with E-state index in [1.54, 1.807) is 11.3 Å². The predicted octanol–water partition coefficient (Wildman–Crippen LogP) is 3.96. The lowest BCUT2D eigenvalue weighted by molar-refractivity contribution is -0.119. The summed E-state index contributed by atoms with van der Waals surface area (Å²) in [5.74, 6) is 0.317. The molecule has 1 atom stereocenters. The highest BCUT2D eigenvalue weighted by Gasteiger charge is 2.27. The number of aryl methyl sites for hydroxylation is 2. The molecule has 4 nitrogen and oxygen atoms in total. The first-order chi connectivity index (χ1) is 11.7. The summed E-state index contributed by atoms with van der Waals surface area (Å²) < 4.78 is 1.82. The summed E-state index contributed by atoms with van der Waals surface area (Å²) in [5.41, 5.74) is 1.34. The number of rotatable bonds is 4. The summed E-state index contributed by atoms with van der Waals surface area (Å²) in [6.07, 6.45) is 7.80. The fourth-order valence-corrected chi connectivity index (χ4v) is 6.32. The number of hydrogen-bond donors (Lipinski definition) is 0. The Balaban J connectivity index is 1.80. The number of Topliss-reactive ketones (excluding diaryl/α,β-unsaturated/α-hetero) is 1. The van der Waals surface area contributed by atoms with Crippen molar-refractivity contribution in [1.29, 1.82) is 0 Å². The van der Waals surface area contributed by atoms with E-state index in [-0.39, 0.29) is 10.8 Å². The minimum Gasteiger partial charge on any atom is -0.298 e. The molecule has 1 saturated carbocycles. The van der Waals surface area contributed by atoms with Crippen LogP contribution in [0.15, 0.2) is 9.95 Å². The zero-order chi connectivity index (χ0) is 16.7. The van der Waals surface area contributed by atoms with Gasteiger partial charge in [-0.05, 0) is 44.1 Å². The van der Waals surface area contributed by atoms with Gasteiger partial charge in [0.15, 0.2) is 5.16 Å². The lowest BCUT2D eigenvalue weighted by Gasteiger charge is -2.21. The molecular formula is C18H22N2O2S2. The van der Waals surface area contributed by atoms with Crippen molar-refractivity contribution in [3.63, 3.8) is 0 Å². The first-order valence-corrected chi connectivity index (χ1v) is 10.6. The van der Waals surface area contributed by atoms with Crippen LogP contribution in [0.2, 0.25) is 0 Å². The van der Waals surface area contributed by atoms with Crippen LogP contribution in [0.4, 0.5) is 0 Å². The van der Waals surface area contributed by atoms with Gasteiger partial charge in [-0.2, -0.15) is 0 Å². The van der Waals surface area contributed by atoms with Crippen LogP contribution in [0.1, 0.15) is 55.9 Å². The summed E-state index contributed by atoms with van der Waals surface area (Å²) >= 11 is 3.20. The van der Waals surface area contributed by atoms with Crippen molar-refractivity contribution in [3.8, 4) is 0 Å². The van der Waals surface area contributed by atoms with E-state index in [9.17, 15) is 9.59 Å². The van der Waals surface area contributed by atoms with Gasteiger partial charge in [0, 0.05) is 17.8 Å². The molecule has 0 N–H and O–H groups in total. The van der Waals surface area contributed by atoms with E-state index in [0.29, 0.717) is 18.7 Å². The molecule has 0 amide bonds. The number of carbonyl (C=O) groups is 1. The lowest BCUT2D eigenvalue weighted by atomic mass is 9.99. The molecular weight excluding hydrogens is 340 g/mol. The summed E-state index contributed by atoms with van der Waals surface area (Å²) in [6, 6.07) is 0. The van der Waals surface area contributed by atoms with E-state index in [2.05, 4.69) is 6.92 Å². The minimum absolute atomic E-state index is 0.0296. The first kappa shape index (κ1) is 16.3. The molecule has 2 heterocycles. The summed E-state index contributed by atoms with van der Waals surface area (Å²) in [6.45, 7) is 2.75. The molecule has 0 bridgehead atoms. The second kappa shape index (κ2) is 6.64. The number of hydrogen-bond acceptors (Lipinski definition) is 5. The van der Waals surface area contributed by atoms with Crippen molar-refractivity contribution in [2.24, 2.45) is 0 Å². The minimum atomic E-state index is -0.0296. The van der Waals surface area contributed by atoms with Crippen molar-refractivity contribution < 1.29 is 4.79 Å². The highest BCUT2D eigenvalue weighted by Crippen LogP contribution is 2.37. The quantitative estimate of drug-likeness (QED) is 0.773. The first-order valence-electron chi connectivity index (χ1n) is 8.93. The molecule has 2 aliphatic carbocycles. The third-order valence-electron chi connectivity index (χ3n) is 4.98. The predicted molar refractivity (Wildman–Crippen MR) is 99.3 cm³/mol. The van der Waals surface area contributed by atoms with Gasteiger partial charge < -0.3 is 0 Å². The van der Waals surface area contributed by atoms with Gasteiger partial charge in [-0.15, -0.1) is 11.3 Å². The maximum absolute atomic E-state index is 13.1. The van der Waals surface area contributed by atoms with Crippen molar-refractivity contribution in [1.82, 2.24) is 9.55 Å². The Bertz CT molecular complexity index is 853. The van der Waals surface area contributed by atoms with Crippen LogP contribution in [0.25, 0.3) is 10.2 Å². The number of ketones is 1. The van der Waals surface area contributed by atoms with E-state index < -0.39 is 0 Å². The fraction of sp³-hybridized carbons (Fsp3) is 0.611. The maximum Gasteiger partial charge on any atom is 0.263 e. The van der Waals surface area contributed by atoms with Crippen LogP contribution >= 0.6 is 23.1 Å².